The van der Waals surface area contributed by atoms with Crippen LogP contribution in [0.2, 0.25) is 0 Å². The second-order valence-corrected chi connectivity index (χ2v) is 3.81. The average molecular weight is 222 g/mol. The summed E-state index contributed by atoms with van der Waals surface area (Å²) in [5.41, 5.74) is 2.50. The van der Waals surface area contributed by atoms with Crippen LogP contribution >= 0.6 is 12.6 Å². The number of amides is 2. The third-order valence-corrected chi connectivity index (χ3v) is 2.52. The van der Waals surface area contributed by atoms with Crippen molar-refractivity contribution in [2.24, 2.45) is 0 Å². The molecule has 0 radical (unpaired) electrons. The minimum Gasteiger partial charge on any atom is -0.317 e. The zero-order chi connectivity index (χ0) is 11.0. The number of anilines is 2. The van der Waals surface area contributed by atoms with Gasteiger partial charge in [-0.25, -0.2) is 0 Å². The quantitative estimate of drug-likeness (QED) is 0.710. The number of nitrogens with one attached hydrogen (secondary N) is 1. The van der Waals surface area contributed by atoms with Gasteiger partial charge >= 0.3 is 0 Å². The lowest BCUT2D eigenvalue weighted by molar-refractivity contribution is -0.117. The Morgan fingerprint density at radius 3 is 2.93 bits per heavy atom. The summed E-state index contributed by atoms with van der Waals surface area (Å²) in [6.45, 7) is 0. The Balaban J connectivity index is 2.33. The van der Waals surface area contributed by atoms with Crippen LogP contribution in [0.1, 0.15) is 5.56 Å². The average Bonchev–Trinajstić information content (AvgIpc) is 2.41. The summed E-state index contributed by atoms with van der Waals surface area (Å²) < 4.78 is 0. The normalized spacial score (nSPS) is 14.0. The molecule has 4 nitrogen and oxygen atoms in total. The maximum Gasteiger partial charge on any atom is 0.280 e. The monoisotopic (exact) mass is 222 g/mol. The molecule has 15 heavy (non-hydrogen) atoms. The van der Waals surface area contributed by atoms with Crippen LogP contribution in [0.15, 0.2) is 18.2 Å². The number of rotatable bonds is 1. The second-order valence-electron chi connectivity index (χ2n) is 3.40. The van der Waals surface area contributed by atoms with E-state index in [1.807, 2.05) is 6.07 Å². The highest BCUT2D eigenvalue weighted by Gasteiger charge is 2.23. The van der Waals surface area contributed by atoms with Crippen molar-refractivity contribution in [3.05, 3.63) is 23.8 Å². The number of thiol groups is 1. The molecule has 0 fully saturated rings. The highest BCUT2D eigenvalue weighted by Crippen LogP contribution is 2.29. The number of hydrogen-bond donors (Lipinski definition) is 2. The highest BCUT2D eigenvalue weighted by atomic mass is 32.1. The first kappa shape index (κ1) is 10.0. The molecule has 1 aromatic carbocycles. The third-order valence-electron chi connectivity index (χ3n) is 2.41. The van der Waals surface area contributed by atoms with Gasteiger partial charge in [0.15, 0.2) is 0 Å². The van der Waals surface area contributed by atoms with Crippen LogP contribution in [-0.2, 0) is 11.2 Å². The number of likely N-dealkylation sites (N-methyl/N-ethyl adjacent to an activating group) is 1. The second kappa shape index (κ2) is 3.58. The van der Waals surface area contributed by atoms with E-state index in [1.54, 1.807) is 24.1 Å². The molecule has 0 aliphatic carbocycles. The lowest BCUT2D eigenvalue weighted by atomic mass is 10.1. The van der Waals surface area contributed by atoms with Crippen LogP contribution in [-0.4, -0.2) is 18.2 Å². The zero-order valence-corrected chi connectivity index (χ0v) is 9.04. The van der Waals surface area contributed by atoms with Crippen molar-refractivity contribution in [2.75, 3.05) is 17.3 Å². The SMILES string of the molecule is CN1C(=O)Cc2cc(NC(=O)S)ccc21. The van der Waals surface area contributed by atoms with E-state index in [2.05, 4.69) is 17.9 Å². The minimum absolute atomic E-state index is 0.0688. The third kappa shape index (κ3) is 1.83. The van der Waals surface area contributed by atoms with E-state index in [0.717, 1.165) is 11.3 Å². The predicted octanol–water partition coefficient (Wildman–Crippen LogP) is 1.67. The van der Waals surface area contributed by atoms with Crippen LogP contribution < -0.4 is 10.2 Å². The van der Waals surface area contributed by atoms with Gasteiger partial charge in [-0.2, -0.15) is 0 Å². The zero-order valence-electron chi connectivity index (χ0n) is 8.15. The maximum absolute atomic E-state index is 11.4. The van der Waals surface area contributed by atoms with Gasteiger partial charge in [0, 0.05) is 18.4 Å². The molecule has 2 amide bonds. The summed E-state index contributed by atoms with van der Waals surface area (Å²) in [7, 11) is 1.74. The van der Waals surface area contributed by atoms with Gasteiger partial charge in [-0.1, -0.05) is 12.6 Å². The number of nitrogens with zero attached hydrogens (tertiary/aromatic N) is 1. The molecule has 0 unspecified atom stereocenters. The van der Waals surface area contributed by atoms with E-state index < -0.39 is 5.24 Å². The molecule has 0 bridgehead atoms. The molecule has 0 saturated carbocycles. The fraction of sp³-hybridized carbons (Fsp3) is 0.200. The Labute approximate surface area is 92.7 Å². The van der Waals surface area contributed by atoms with Crippen LogP contribution in [0, 0.1) is 0 Å². The largest absolute Gasteiger partial charge is 0.317 e. The Morgan fingerprint density at radius 2 is 2.27 bits per heavy atom. The van der Waals surface area contributed by atoms with E-state index in [-0.39, 0.29) is 5.91 Å². The van der Waals surface area contributed by atoms with Gasteiger partial charge in [0.1, 0.15) is 0 Å². The standard InChI is InChI=1S/C10H10N2O2S/c1-12-8-3-2-7(11-10(14)15)4-6(8)5-9(12)13/h2-4H,5H2,1H3,(H2,11,14,15). The van der Waals surface area contributed by atoms with Crippen molar-refractivity contribution in [3.63, 3.8) is 0 Å². The fourth-order valence-corrected chi connectivity index (χ4v) is 1.80. The molecule has 1 aromatic rings. The number of carbonyl (C=O) groups excluding carboxylic acids is 2. The van der Waals surface area contributed by atoms with Crippen molar-refractivity contribution in [1.29, 1.82) is 0 Å². The topological polar surface area (TPSA) is 49.4 Å². The maximum atomic E-state index is 11.4. The van der Waals surface area contributed by atoms with E-state index >= 15 is 0 Å². The van der Waals surface area contributed by atoms with Gasteiger partial charge in [-0.05, 0) is 23.8 Å². The van der Waals surface area contributed by atoms with Gasteiger partial charge < -0.3 is 10.2 Å². The molecule has 0 saturated heterocycles. The Kier molecular flexibility index (Phi) is 2.40. The Bertz CT molecular complexity index is 445. The minimum atomic E-state index is -0.410. The molecule has 0 spiro atoms. The molecule has 0 atom stereocenters. The van der Waals surface area contributed by atoms with Gasteiger partial charge in [0.2, 0.25) is 5.91 Å². The van der Waals surface area contributed by atoms with Crippen LogP contribution in [0.3, 0.4) is 0 Å². The van der Waals surface area contributed by atoms with Crippen LogP contribution in [0.25, 0.3) is 0 Å². The lowest BCUT2D eigenvalue weighted by Crippen LogP contribution is -2.20. The number of carbonyl (C=O) groups is 2. The van der Waals surface area contributed by atoms with Crippen molar-refractivity contribution < 1.29 is 9.59 Å². The smallest absolute Gasteiger partial charge is 0.280 e. The van der Waals surface area contributed by atoms with Crippen LogP contribution in [0.5, 0.6) is 0 Å². The Hall–Kier alpha value is -1.49. The summed E-state index contributed by atoms with van der Waals surface area (Å²) >= 11 is 3.62. The van der Waals surface area contributed by atoms with Gasteiger partial charge in [0.25, 0.3) is 5.24 Å². The molecule has 0 aromatic heterocycles. The predicted molar refractivity (Wildman–Crippen MR) is 61.6 cm³/mol. The first-order valence-electron chi connectivity index (χ1n) is 4.47. The highest BCUT2D eigenvalue weighted by molar-refractivity contribution is 7.96. The summed E-state index contributed by atoms with van der Waals surface area (Å²) in [6.07, 6.45) is 0.391. The van der Waals surface area contributed by atoms with Crippen molar-refractivity contribution in [3.8, 4) is 0 Å². The molecule has 5 heteroatoms. The summed E-state index contributed by atoms with van der Waals surface area (Å²) in [4.78, 5) is 23.7. The molecule has 78 valence electrons. The molecular formula is C10H10N2O2S. The number of benzene rings is 1. The van der Waals surface area contributed by atoms with E-state index in [9.17, 15) is 9.59 Å². The Morgan fingerprint density at radius 1 is 1.53 bits per heavy atom. The van der Waals surface area contributed by atoms with Crippen molar-refractivity contribution in [2.45, 2.75) is 6.42 Å². The van der Waals surface area contributed by atoms with Crippen molar-refractivity contribution in [1.82, 2.24) is 0 Å². The number of hydrogen-bond acceptors (Lipinski definition) is 2. The van der Waals surface area contributed by atoms with Gasteiger partial charge in [-0.15, -0.1) is 0 Å². The summed E-state index contributed by atoms with van der Waals surface area (Å²) in [5, 5.41) is 2.15. The molecule has 1 N–H and O–H groups in total. The molecule has 1 aliphatic rings. The lowest BCUT2D eigenvalue weighted by Gasteiger charge is -2.10. The molecular weight excluding hydrogens is 212 g/mol. The van der Waals surface area contributed by atoms with E-state index in [0.29, 0.717) is 12.1 Å². The fourth-order valence-electron chi connectivity index (χ4n) is 1.67. The molecule has 2 rings (SSSR count). The van der Waals surface area contributed by atoms with Gasteiger partial charge in [0.05, 0.1) is 6.42 Å². The molecule has 1 heterocycles. The van der Waals surface area contributed by atoms with Crippen LogP contribution in [0.4, 0.5) is 16.2 Å². The van der Waals surface area contributed by atoms with E-state index in [1.165, 1.54) is 0 Å². The summed E-state index contributed by atoms with van der Waals surface area (Å²) in [6, 6.07) is 5.37. The summed E-state index contributed by atoms with van der Waals surface area (Å²) in [5.74, 6) is 0.0688. The molecule has 1 aliphatic heterocycles. The van der Waals surface area contributed by atoms with Gasteiger partial charge in [-0.3, -0.25) is 9.59 Å². The van der Waals surface area contributed by atoms with Crippen molar-refractivity contribution >= 4 is 35.1 Å². The first-order chi connectivity index (χ1) is 7.08. The van der Waals surface area contributed by atoms with E-state index in [4.69, 9.17) is 0 Å². The number of fused-ring (bicyclic) bond motifs is 1. The first-order valence-corrected chi connectivity index (χ1v) is 4.92.